The van der Waals surface area contributed by atoms with Crippen LogP contribution >= 0.6 is 0 Å². The van der Waals surface area contributed by atoms with E-state index in [1.54, 1.807) is 0 Å². The smallest absolute Gasteiger partial charge is 0.316 e. The molecule has 0 unspecified atom stereocenters. The number of carbonyl (C=O) groups excluding carboxylic acids is 1. The van der Waals surface area contributed by atoms with Gasteiger partial charge in [-0.25, -0.2) is 0 Å². The Bertz CT molecular complexity index is 690. The van der Waals surface area contributed by atoms with Gasteiger partial charge in [0, 0.05) is 17.6 Å². The first-order valence-corrected chi connectivity index (χ1v) is 8.16. The normalized spacial score (nSPS) is 29.4. The topological polar surface area (TPSA) is 71.3 Å². The van der Waals surface area contributed by atoms with Crippen LogP contribution in [-0.2, 0) is 0 Å². The van der Waals surface area contributed by atoms with E-state index in [1.165, 1.54) is 0 Å². The number of nitrogens with zero attached hydrogens (tertiary/aromatic N) is 3. The summed E-state index contributed by atoms with van der Waals surface area (Å²) in [5.74, 6) is 0.756. The van der Waals surface area contributed by atoms with Crippen LogP contribution in [0.2, 0.25) is 0 Å². The molecule has 23 heavy (non-hydrogen) atoms. The molecule has 3 fully saturated rings. The van der Waals surface area contributed by atoms with Gasteiger partial charge in [-0.05, 0) is 38.8 Å². The second kappa shape index (κ2) is 5.77. The molecule has 2 atom stereocenters. The summed E-state index contributed by atoms with van der Waals surface area (Å²) in [6.07, 6.45) is 2.29. The third-order valence-corrected chi connectivity index (χ3v) is 5.13. The summed E-state index contributed by atoms with van der Waals surface area (Å²) in [7, 11) is 0. The number of hydrogen-bond acceptors (Lipinski definition) is 5. The fraction of sp³-hybridized carbons (Fsp3) is 0.471. The Labute approximate surface area is 134 Å². The standard InChI is InChI=1S/C17H20N4O2/c1-11-14(12-7-9-21(11)10-8-12)18-16(22)17-19-15(20-23-17)13-5-3-2-4-6-13/h2-6,11-12,14H,7-10H2,1H3,(H,18,22)/t11-,14-/m0/s1. The molecule has 0 radical (unpaired) electrons. The molecule has 2 bridgehead atoms. The number of fused-ring (bicyclic) bond motifs is 3. The Morgan fingerprint density at radius 2 is 2.00 bits per heavy atom. The highest BCUT2D eigenvalue weighted by atomic mass is 16.5. The van der Waals surface area contributed by atoms with E-state index in [2.05, 4.69) is 27.3 Å². The molecule has 5 rings (SSSR count). The van der Waals surface area contributed by atoms with Crippen LogP contribution in [0.15, 0.2) is 34.9 Å². The van der Waals surface area contributed by atoms with Crippen LogP contribution < -0.4 is 5.32 Å². The Balaban J connectivity index is 1.49. The first-order valence-electron chi connectivity index (χ1n) is 8.16. The lowest BCUT2D eigenvalue weighted by Crippen LogP contribution is -2.62. The molecule has 3 aliphatic heterocycles. The van der Waals surface area contributed by atoms with Gasteiger partial charge < -0.3 is 9.84 Å². The molecule has 3 saturated heterocycles. The summed E-state index contributed by atoms with van der Waals surface area (Å²) < 4.78 is 5.15. The Morgan fingerprint density at radius 1 is 1.26 bits per heavy atom. The van der Waals surface area contributed by atoms with E-state index in [-0.39, 0.29) is 17.8 Å². The molecule has 1 aromatic heterocycles. The van der Waals surface area contributed by atoms with Gasteiger partial charge in [-0.2, -0.15) is 4.98 Å². The van der Waals surface area contributed by atoms with Crippen molar-refractivity contribution < 1.29 is 9.32 Å². The van der Waals surface area contributed by atoms with E-state index >= 15 is 0 Å². The lowest BCUT2D eigenvalue weighted by Gasteiger charge is -2.49. The molecule has 0 aliphatic carbocycles. The van der Waals surface area contributed by atoms with Gasteiger partial charge in [0.25, 0.3) is 0 Å². The molecule has 1 N–H and O–H groups in total. The second-order valence-electron chi connectivity index (χ2n) is 6.40. The zero-order valence-corrected chi connectivity index (χ0v) is 13.1. The van der Waals surface area contributed by atoms with Crippen LogP contribution in [-0.4, -0.2) is 46.1 Å². The third kappa shape index (κ3) is 2.63. The highest BCUT2D eigenvalue weighted by molar-refractivity contribution is 5.90. The van der Waals surface area contributed by atoms with E-state index in [4.69, 9.17) is 4.52 Å². The minimum Gasteiger partial charge on any atom is -0.343 e. The SMILES string of the molecule is C[C@H]1[C@H](NC(=O)c2nc(-c3ccccc3)no2)C2CCN1CC2. The van der Waals surface area contributed by atoms with E-state index in [0.717, 1.165) is 31.5 Å². The van der Waals surface area contributed by atoms with Crippen molar-refractivity contribution in [3.8, 4) is 11.4 Å². The molecule has 6 heteroatoms. The van der Waals surface area contributed by atoms with Gasteiger partial charge in [-0.1, -0.05) is 35.5 Å². The van der Waals surface area contributed by atoms with Crippen molar-refractivity contribution in [2.24, 2.45) is 5.92 Å². The maximum Gasteiger partial charge on any atom is 0.316 e. The maximum atomic E-state index is 12.5. The molecule has 3 aliphatic rings. The minimum atomic E-state index is -0.273. The van der Waals surface area contributed by atoms with Crippen molar-refractivity contribution in [3.05, 3.63) is 36.2 Å². The van der Waals surface area contributed by atoms with Gasteiger partial charge in [0.15, 0.2) is 0 Å². The molecule has 6 nitrogen and oxygen atoms in total. The minimum absolute atomic E-state index is 0.0347. The summed E-state index contributed by atoms with van der Waals surface area (Å²) in [5, 5.41) is 7.01. The van der Waals surface area contributed by atoms with Crippen molar-refractivity contribution in [3.63, 3.8) is 0 Å². The molecule has 0 spiro atoms. The van der Waals surface area contributed by atoms with Crippen molar-refractivity contribution in [2.45, 2.75) is 31.8 Å². The van der Waals surface area contributed by atoms with Crippen LogP contribution in [0.5, 0.6) is 0 Å². The number of hydrogen-bond donors (Lipinski definition) is 1. The summed E-state index contributed by atoms with van der Waals surface area (Å²) in [6, 6.07) is 10.0. The van der Waals surface area contributed by atoms with Gasteiger partial charge in [0.1, 0.15) is 0 Å². The number of benzene rings is 1. The largest absolute Gasteiger partial charge is 0.343 e. The molecule has 1 amide bonds. The first-order chi connectivity index (χ1) is 11.2. The second-order valence-corrected chi connectivity index (χ2v) is 6.40. The van der Waals surface area contributed by atoms with Crippen LogP contribution in [0, 0.1) is 5.92 Å². The molecule has 2 aromatic rings. The Morgan fingerprint density at radius 3 is 2.70 bits per heavy atom. The van der Waals surface area contributed by atoms with Crippen LogP contribution in [0.25, 0.3) is 11.4 Å². The van der Waals surface area contributed by atoms with Gasteiger partial charge in [-0.3, -0.25) is 9.69 Å². The van der Waals surface area contributed by atoms with Crippen molar-refractivity contribution in [2.75, 3.05) is 13.1 Å². The van der Waals surface area contributed by atoms with Gasteiger partial charge in [0.2, 0.25) is 5.82 Å². The van der Waals surface area contributed by atoms with E-state index in [1.807, 2.05) is 30.3 Å². The molecular weight excluding hydrogens is 292 g/mol. The lowest BCUT2D eigenvalue weighted by atomic mass is 9.79. The predicted molar refractivity (Wildman–Crippen MR) is 84.7 cm³/mol. The van der Waals surface area contributed by atoms with Crippen molar-refractivity contribution >= 4 is 5.91 Å². The van der Waals surface area contributed by atoms with E-state index < -0.39 is 0 Å². The number of nitrogens with one attached hydrogen (secondary N) is 1. The van der Waals surface area contributed by atoms with Crippen LogP contribution in [0.1, 0.15) is 30.5 Å². The summed E-state index contributed by atoms with van der Waals surface area (Å²) in [4.78, 5) is 19.1. The molecule has 0 saturated carbocycles. The van der Waals surface area contributed by atoms with Crippen LogP contribution in [0.3, 0.4) is 0 Å². The molecular formula is C17H20N4O2. The number of carbonyl (C=O) groups is 1. The summed E-state index contributed by atoms with van der Waals surface area (Å²) in [5.41, 5.74) is 0.839. The Hall–Kier alpha value is -2.21. The van der Waals surface area contributed by atoms with Crippen molar-refractivity contribution in [1.82, 2.24) is 20.4 Å². The summed E-state index contributed by atoms with van der Waals surface area (Å²) in [6.45, 7) is 4.45. The average molecular weight is 312 g/mol. The number of piperidine rings is 3. The monoisotopic (exact) mass is 312 g/mol. The Kier molecular flexibility index (Phi) is 3.61. The number of rotatable bonds is 3. The zero-order valence-electron chi connectivity index (χ0n) is 13.1. The fourth-order valence-electron chi connectivity index (χ4n) is 3.78. The highest BCUT2D eigenvalue weighted by Crippen LogP contribution is 2.32. The quantitative estimate of drug-likeness (QED) is 0.938. The maximum absolute atomic E-state index is 12.5. The zero-order chi connectivity index (χ0) is 15.8. The molecule has 4 heterocycles. The highest BCUT2D eigenvalue weighted by Gasteiger charge is 2.41. The van der Waals surface area contributed by atoms with Crippen LogP contribution in [0.4, 0.5) is 0 Å². The average Bonchev–Trinajstić information content (AvgIpc) is 3.09. The van der Waals surface area contributed by atoms with Gasteiger partial charge >= 0.3 is 11.8 Å². The predicted octanol–water partition coefficient (Wildman–Crippen LogP) is 1.95. The van der Waals surface area contributed by atoms with E-state index in [0.29, 0.717) is 17.8 Å². The molecule has 1 aromatic carbocycles. The van der Waals surface area contributed by atoms with Gasteiger partial charge in [-0.15, -0.1) is 0 Å². The van der Waals surface area contributed by atoms with E-state index in [9.17, 15) is 4.79 Å². The number of aromatic nitrogens is 2. The third-order valence-electron chi connectivity index (χ3n) is 5.13. The number of amides is 1. The van der Waals surface area contributed by atoms with Gasteiger partial charge in [0.05, 0.1) is 0 Å². The van der Waals surface area contributed by atoms with Crippen molar-refractivity contribution in [1.29, 1.82) is 0 Å². The summed E-state index contributed by atoms with van der Waals surface area (Å²) >= 11 is 0. The fourth-order valence-corrected chi connectivity index (χ4v) is 3.78. The molecule has 120 valence electrons. The first kappa shape index (κ1) is 14.4. The lowest BCUT2D eigenvalue weighted by molar-refractivity contribution is 0.0208.